The third-order valence-corrected chi connectivity index (χ3v) is 15.8. The van der Waals surface area contributed by atoms with Crippen LogP contribution in [0, 0.1) is 27.7 Å². The van der Waals surface area contributed by atoms with Crippen molar-refractivity contribution in [1.82, 2.24) is 0 Å². The average molecular weight is 881 g/mol. The van der Waals surface area contributed by atoms with E-state index in [-0.39, 0.29) is 0 Å². The third kappa shape index (κ3) is 7.42. The maximum absolute atomic E-state index is 2.57. The van der Waals surface area contributed by atoms with E-state index in [2.05, 4.69) is 219 Å². The highest BCUT2D eigenvalue weighted by atomic mass is 15.2. The van der Waals surface area contributed by atoms with Gasteiger partial charge in [-0.25, -0.2) is 0 Å². The number of hydrogen-bond donors (Lipinski definition) is 0. The van der Waals surface area contributed by atoms with E-state index in [0.29, 0.717) is 11.8 Å². The van der Waals surface area contributed by atoms with Gasteiger partial charge in [-0.15, -0.1) is 0 Å². The summed E-state index contributed by atoms with van der Waals surface area (Å²) in [6.07, 6.45) is 10.3. The van der Waals surface area contributed by atoms with Gasteiger partial charge >= 0.3 is 0 Å². The van der Waals surface area contributed by atoms with Gasteiger partial charge < -0.3 is 9.80 Å². The predicted molar refractivity (Wildman–Crippen MR) is 292 cm³/mol. The van der Waals surface area contributed by atoms with Gasteiger partial charge in [0, 0.05) is 33.5 Å². The van der Waals surface area contributed by atoms with Crippen LogP contribution >= 0.6 is 0 Å². The highest BCUT2D eigenvalue weighted by molar-refractivity contribution is 6.28. The highest BCUT2D eigenvalue weighted by Gasteiger charge is 2.26. The molecule has 0 heterocycles. The van der Waals surface area contributed by atoms with E-state index in [0.717, 1.165) is 0 Å². The third-order valence-electron chi connectivity index (χ3n) is 15.8. The van der Waals surface area contributed by atoms with Gasteiger partial charge in [-0.3, -0.25) is 0 Å². The minimum atomic E-state index is 0.610. The first-order valence-corrected chi connectivity index (χ1v) is 25.2. The van der Waals surface area contributed by atoms with E-state index in [9.17, 15) is 0 Å². The number of hydrogen-bond acceptors (Lipinski definition) is 2. The second kappa shape index (κ2) is 17.5. The molecule has 0 atom stereocenters. The van der Waals surface area contributed by atoms with Gasteiger partial charge in [0.05, 0.1) is 11.4 Å². The Morgan fingerprint density at radius 2 is 0.750 bits per heavy atom. The summed E-state index contributed by atoms with van der Waals surface area (Å²) in [4.78, 5) is 5.15. The van der Waals surface area contributed by atoms with Crippen molar-refractivity contribution in [3.8, 4) is 22.3 Å². The Kier molecular flexibility index (Phi) is 10.9. The first-order chi connectivity index (χ1) is 33.4. The van der Waals surface area contributed by atoms with E-state index < -0.39 is 0 Å². The number of benzene rings is 10. The van der Waals surface area contributed by atoms with Crippen LogP contribution in [0.4, 0.5) is 34.1 Å². The molecule has 12 rings (SSSR count). The van der Waals surface area contributed by atoms with E-state index in [1.807, 2.05) is 0 Å². The molecule has 2 saturated carbocycles. The summed E-state index contributed by atoms with van der Waals surface area (Å²) in [7, 11) is 0. The topological polar surface area (TPSA) is 6.48 Å². The summed E-state index contributed by atoms with van der Waals surface area (Å²) in [5, 5.41) is 7.67. The van der Waals surface area contributed by atoms with Crippen molar-refractivity contribution < 1.29 is 0 Å². The van der Waals surface area contributed by atoms with E-state index in [4.69, 9.17) is 0 Å². The van der Waals surface area contributed by atoms with Crippen LogP contribution in [-0.4, -0.2) is 0 Å². The lowest BCUT2D eigenvalue weighted by Gasteiger charge is -2.31. The molecule has 0 unspecified atom stereocenters. The van der Waals surface area contributed by atoms with Crippen LogP contribution < -0.4 is 9.80 Å². The molecule has 2 heteroatoms. The molecule has 2 nitrogen and oxygen atoms in total. The Morgan fingerprint density at radius 3 is 1.18 bits per heavy atom. The SMILES string of the molecule is Cc1ccccc1-c1ccc(C)c(N(c2cccc(C3CCCC3)c2)c2ccc3ccc4c(N(c5cccc(C6CCCC6)c5)c5cc(-c6ccccc6C)ccc5C)ccc5ccc2c3c54)c1. The lowest BCUT2D eigenvalue weighted by Crippen LogP contribution is -2.13. The molecule has 0 spiro atoms. The molecule has 68 heavy (non-hydrogen) atoms. The standard InChI is InChI=1S/C66H60N2/c1-43-15-5-11-25-57(43)53-29-27-45(3)63(41-53)67(55-23-13-21-51(39-55)47-17-7-8-18-47)61-37-33-49-32-36-60-62(38-34-50-31-35-59(61)65(49)66(50)60)68(56-24-14-22-52(40-56)48-19-9-10-20-48)64-42-54(30-28-46(64)4)58-26-12-6-16-44(58)2/h5-6,11-16,21-42,47-48H,7-10,17-20H2,1-4H3. The summed E-state index contributed by atoms with van der Waals surface area (Å²) in [6.45, 7) is 9.00. The van der Waals surface area contributed by atoms with Gasteiger partial charge in [-0.05, 0) is 191 Å². The lowest BCUT2D eigenvalue weighted by atomic mass is 9.91. The second-order valence-corrected chi connectivity index (χ2v) is 20.0. The lowest BCUT2D eigenvalue weighted by molar-refractivity contribution is 0.723. The van der Waals surface area contributed by atoms with Crippen molar-refractivity contribution in [2.45, 2.75) is 90.9 Å². The maximum atomic E-state index is 2.57. The monoisotopic (exact) mass is 880 g/mol. The van der Waals surface area contributed by atoms with E-state index in [1.54, 1.807) is 0 Å². The number of anilines is 6. The van der Waals surface area contributed by atoms with E-state index >= 15 is 0 Å². The molecule has 2 aliphatic carbocycles. The van der Waals surface area contributed by atoms with Gasteiger partial charge in [0.1, 0.15) is 0 Å². The van der Waals surface area contributed by atoms with Gasteiger partial charge in [0.15, 0.2) is 0 Å². The number of aryl methyl sites for hydroxylation is 4. The van der Waals surface area contributed by atoms with Gasteiger partial charge in [-0.1, -0.05) is 159 Å². The normalized spacial score (nSPS) is 14.5. The molecule has 0 saturated heterocycles. The predicted octanol–water partition coefficient (Wildman–Crippen LogP) is 19.4. The molecule has 334 valence electrons. The fraction of sp³-hybridized carbons (Fsp3) is 0.212. The zero-order valence-electron chi connectivity index (χ0n) is 40.0. The van der Waals surface area contributed by atoms with Crippen LogP contribution in [0.5, 0.6) is 0 Å². The van der Waals surface area contributed by atoms with Gasteiger partial charge in [0.2, 0.25) is 0 Å². The van der Waals surface area contributed by atoms with Gasteiger partial charge in [-0.2, -0.15) is 0 Å². The van der Waals surface area contributed by atoms with Gasteiger partial charge in [0.25, 0.3) is 0 Å². The summed E-state index contributed by atoms with van der Waals surface area (Å²) >= 11 is 0. The summed E-state index contributed by atoms with van der Waals surface area (Å²) in [6, 6.07) is 69.7. The fourth-order valence-corrected chi connectivity index (χ4v) is 12.2. The highest BCUT2D eigenvalue weighted by Crippen LogP contribution is 2.50. The Labute approximate surface area is 402 Å². The first-order valence-electron chi connectivity index (χ1n) is 25.2. The molecule has 0 bridgehead atoms. The maximum Gasteiger partial charge on any atom is 0.0540 e. The Hall–Kier alpha value is -7.16. The summed E-state index contributed by atoms with van der Waals surface area (Å²) < 4.78 is 0. The Balaban J connectivity index is 1.09. The molecular formula is C66H60N2. The van der Waals surface area contributed by atoms with Crippen molar-refractivity contribution in [3.05, 3.63) is 215 Å². The van der Waals surface area contributed by atoms with Crippen molar-refractivity contribution >= 4 is 66.4 Å². The zero-order valence-corrected chi connectivity index (χ0v) is 40.0. The van der Waals surface area contributed by atoms with Crippen LogP contribution in [0.1, 0.15) is 96.6 Å². The molecule has 0 N–H and O–H groups in total. The molecular weight excluding hydrogens is 821 g/mol. The molecule has 10 aromatic carbocycles. The molecule has 0 amide bonds. The van der Waals surface area contributed by atoms with Crippen molar-refractivity contribution in [2.75, 3.05) is 9.80 Å². The quantitative estimate of drug-likeness (QED) is 0.126. The minimum Gasteiger partial charge on any atom is -0.310 e. The fourth-order valence-electron chi connectivity index (χ4n) is 12.2. The second-order valence-electron chi connectivity index (χ2n) is 20.0. The summed E-state index contributed by atoms with van der Waals surface area (Å²) in [5.74, 6) is 1.22. The van der Waals surface area contributed by atoms with Crippen LogP contribution in [0.3, 0.4) is 0 Å². The van der Waals surface area contributed by atoms with E-state index in [1.165, 1.54) is 173 Å². The molecule has 2 aliphatic rings. The Bertz CT molecular complexity index is 3260. The van der Waals surface area contributed by atoms with Crippen molar-refractivity contribution in [2.24, 2.45) is 0 Å². The van der Waals surface area contributed by atoms with Crippen molar-refractivity contribution in [1.29, 1.82) is 0 Å². The minimum absolute atomic E-state index is 0.610. The van der Waals surface area contributed by atoms with Crippen LogP contribution in [-0.2, 0) is 0 Å². The Morgan fingerprint density at radius 1 is 0.338 bits per heavy atom. The summed E-state index contributed by atoms with van der Waals surface area (Å²) in [5.41, 5.74) is 20.3. The molecule has 0 radical (unpaired) electrons. The molecule has 10 aromatic rings. The molecule has 2 fully saturated rings. The largest absolute Gasteiger partial charge is 0.310 e. The first kappa shape index (κ1) is 42.2. The smallest absolute Gasteiger partial charge is 0.0540 e. The van der Waals surface area contributed by atoms with Crippen LogP contribution in [0.25, 0.3) is 54.6 Å². The average Bonchev–Trinajstić information content (AvgIpc) is 4.13. The molecule has 0 aliphatic heterocycles. The van der Waals surface area contributed by atoms with Crippen molar-refractivity contribution in [3.63, 3.8) is 0 Å². The zero-order chi connectivity index (χ0) is 45.9. The van der Waals surface area contributed by atoms with Crippen LogP contribution in [0.2, 0.25) is 0 Å². The number of rotatable bonds is 10. The number of nitrogens with zero attached hydrogens (tertiary/aromatic N) is 2. The van der Waals surface area contributed by atoms with Crippen LogP contribution in [0.15, 0.2) is 182 Å². The molecule has 0 aromatic heterocycles.